The highest BCUT2D eigenvalue weighted by molar-refractivity contribution is 8.00. The van der Waals surface area contributed by atoms with Crippen LogP contribution in [-0.4, -0.2) is 23.6 Å². The number of rotatable bonds is 5. The van der Waals surface area contributed by atoms with Crippen LogP contribution in [0.3, 0.4) is 0 Å². The fraction of sp³-hybridized carbons (Fsp3) is 0.235. The van der Waals surface area contributed by atoms with Gasteiger partial charge in [0.05, 0.1) is 11.8 Å². The normalized spacial score (nSPS) is 12.0. The Kier molecular flexibility index (Phi) is 5.86. The second kappa shape index (κ2) is 7.65. The summed E-state index contributed by atoms with van der Waals surface area (Å²) < 4.78 is 13.0. The van der Waals surface area contributed by atoms with Gasteiger partial charge in [-0.2, -0.15) is 0 Å². The molecule has 0 radical (unpaired) electrons. The molecule has 22 heavy (non-hydrogen) atoms. The molecule has 0 aliphatic heterocycles. The van der Waals surface area contributed by atoms with Crippen LogP contribution in [-0.2, 0) is 4.79 Å². The first-order chi connectivity index (χ1) is 10.5. The molecule has 1 unspecified atom stereocenters. The van der Waals surface area contributed by atoms with Gasteiger partial charge < -0.3 is 4.90 Å². The smallest absolute Gasteiger partial charge is 0.233 e. The Balaban J connectivity index is 1.95. The van der Waals surface area contributed by atoms with Gasteiger partial charge in [0, 0.05) is 17.0 Å². The lowest BCUT2D eigenvalue weighted by molar-refractivity contribution is -0.128. The zero-order chi connectivity index (χ0) is 16.1. The molecule has 0 heterocycles. The number of amides is 1. The van der Waals surface area contributed by atoms with Crippen molar-refractivity contribution in [3.8, 4) is 0 Å². The molecule has 5 heteroatoms. The van der Waals surface area contributed by atoms with Gasteiger partial charge in [0.25, 0.3) is 0 Å². The van der Waals surface area contributed by atoms with Gasteiger partial charge in [-0.05, 0) is 42.8 Å². The largest absolute Gasteiger partial charge is 0.338 e. The highest BCUT2D eigenvalue weighted by Gasteiger charge is 2.17. The topological polar surface area (TPSA) is 20.3 Å². The lowest BCUT2D eigenvalue weighted by Crippen LogP contribution is -2.31. The second-order valence-electron chi connectivity index (χ2n) is 4.98. The average Bonchev–Trinajstić information content (AvgIpc) is 2.52. The summed E-state index contributed by atoms with van der Waals surface area (Å²) in [4.78, 5) is 14.9. The van der Waals surface area contributed by atoms with Gasteiger partial charge in [-0.15, -0.1) is 11.8 Å². The monoisotopic (exact) mass is 337 g/mol. The maximum absolute atomic E-state index is 13.0. The number of benzene rings is 2. The summed E-state index contributed by atoms with van der Waals surface area (Å²) in [5.41, 5.74) is 0.907. The van der Waals surface area contributed by atoms with Crippen LogP contribution >= 0.6 is 23.4 Å². The van der Waals surface area contributed by atoms with E-state index >= 15 is 0 Å². The third-order valence-electron chi connectivity index (χ3n) is 3.49. The van der Waals surface area contributed by atoms with Gasteiger partial charge in [0.1, 0.15) is 5.82 Å². The molecule has 1 amide bonds. The van der Waals surface area contributed by atoms with E-state index in [2.05, 4.69) is 0 Å². The SMILES string of the molecule is CC(c1ccc(F)cc1)N(C)C(=O)CSc1cccc(Cl)c1. The van der Waals surface area contributed by atoms with Crippen molar-refractivity contribution in [3.63, 3.8) is 0 Å². The molecule has 0 saturated heterocycles. The number of nitrogens with zero attached hydrogens (tertiary/aromatic N) is 1. The van der Waals surface area contributed by atoms with Crippen molar-refractivity contribution >= 4 is 29.3 Å². The van der Waals surface area contributed by atoms with Crippen molar-refractivity contribution in [1.82, 2.24) is 4.90 Å². The van der Waals surface area contributed by atoms with E-state index in [-0.39, 0.29) is 17.8 Å². The van der Waals surface area contributed by atoms with Crippen molar-refractivity contribution in [2.75, 3.05) is 12.8 Å². The van der Waals surface area contributed by atoms with Crippen LogP contribution in [0.25, 0.3) is 0 Å². The molecule has 2 aromatic carbocycles. The molecule has 0 spiro atoms. The van der Waals surface area contributed by atoms with Gasteiger partial charge in [-0.3, -0.25) is 4.79 Å². The minimum Gasteiger partial charge on any atom is -0.338 e. The van der Waals surface area contributed by atoms with Crippen molar-refractivity contribution in [3.05, 3.63) is 64.9 Å². The predicted octanol–water partition coefficient (Wildman–Crippen LogP) is 4.79. The quantitative estimate of drug-likeness (QED) is 0.731. The third kappa shape index (κ3) is 4.49. The van der Waals surface area contributed by atoms with Gasteiger partial charge in [0.15, 0.2) is 0 Å². The highest BCUT2D eigenvalue weighted by Crippen LogP contribution is 2.24. The predicted molar refractivity (Wildman–Crippen MR) is 89.8 cm³/mol. The van der Waals surface area contributed by atoms with Crippen LogP contribution in [0.1, 0.15) is 18.5 Å². The summed E-state index contributed by atoms with van der Waals surface area (Å²) in [7, 11) is 1.76. The Morgan fingerprint density at radius 2 is 1.95 bits per heavy atom. The van der Waals surface area contributed by atoms with E-state index in [1.54, 1.807) is 30.1 Å². The Morgan fingerprint density at radius 3 is 2.59 bits per heavy atom. The minimum absolute atomic E-state index is 0.0156. The number of hydrogen-bond donors (Lipinski definition) is 0. The summed E-state index contributed by atoms with van der Waals surface area (Å²) in [6.07, 6.45) is 0. The van der Waals surface area contributed by atoms with E-state index in [0.717, 1.165) is 10.5 Å². The molecule has 2 nitrogen and oxygen atoms in total. The summed E-state index contributed by atoms with van der Waals surface area (Å²) in [5, 5.41) is 0.658. The average molecular weight is 338 g/mol. The molecule has 0 aliphatic rings. The summed E-state index contributed by atoms with van der Waals surface area (Å²) in [5.74, 6) is 0.0748. The van der Waals surface area contributed by atoms with Crippen molar-refractivity contribution in [2.24, 2.45) is 0 Å². The lowest BCUT2D eigenvalue weighted by Gasteiger charge is -2.25. The molecule has 0 aliphatic carbocycles. The van der Waals surface area contributed by atoms with Crippen molar-refractivity contribution < 1.29 is 9.18 Å². The van der Waals surface area contributed by atoms with E-state index in [4.69, 9.17) is 11.6 Å². The van der Waals surface area contributed by atoms with Crippen LogP contribution in [0.4, 0.5) is 4.39 Å². The van der Waals surface area contributed by atoms with Gasteiger partial charge >= 0.3 is 0 Å². The number of halogens is 2. The van der Waals surface area contributed by atoms with Gasteiger partial charge in [-0.1, -0.05) is 29.8 Å². The summed E-state index contributed by atoms with van der Waals surface area (Å²) in [6, 6.07) is 13.5. The van der Waals surface area contributed by atoms with Crippen molar-refractivity contribution in [2.45, 2.75) is 17.9 Å². The van der Waals surface area contributed by atoms with Crippen LogP contribution in [0.5, 0.6) is 0 Å². The second-order valence-corrected chi connectivity index (χ2v) is 6.46. The van der Waals surface area contributed by atoms with Gasteiger partial charge in [0.2, 0.25) is 5.91 Å². The fourth-order valence-corrected chi connectivity index (χ4v) is 3.12. The van der Waals surface area contributed by atoms with E-state index in [0.29, 0.717) is 10.8 Å². The molecule has 116 valence electrons. The molecular formula is C17H17ClFNOS. The molecule has 0 bridgehead atoms. The van der Waals surface area contributed by atoms with E-state index < -0.39 is 0 Å². The number of hydrogen-bond acceptors (Lipinski definition) is 2. The zero-order valence-corrected chi connectivity index (χ0v) is 14.0. The minimum atomic E-state index is -0.276. The molecular weight excluding hydrogens is 321 g/mol. The van der Waals surface area contributed by atoms with Crippen LogP contribution in [0, 0.1) is 5.82 Å². The van der Waals surface area contributed by atoms with Crippen LogP contribution in [0.15, 0.2) is 53.4 Å². The lowest BCUT2D eigenvalue weighted by atomic mass is 10.1. The number of carbonyl (C=O) groups excluding carboxylic acids is 1. The summed E-state index contributed by atoms with van der Waals surface area (Å²) in [6.45, 7) is 1.93. The summed E-state index contributed by atoms with van der Waals surface area (Å²) >= 11 is 7.38. The first-order valence-corrected chi connectivity index (χ1v) is 8.23. The molecule has 0 N–H and O–H groups in total. The van der Waals surface area contributed by atoms with E-state index in [9.17, 15) is 9.18 Å². The zero-order valence-electron chi connectivity index (χ0n) is 12.4. The highest BCUT2D eigenvalue weighted by atomic mass is 35.5. The molecule has 0 aromatic heterocycles. The molecule has 2 rings (SSSR count). The Bertz CT molecular complexity index is 647. The first-order valence-electron chi connectivity index (χ1n) is 6.87. The molecule has 2 aromatic rings. The van der Waals surface area contributed by atoms with Gasteiger partial charge in [-0.25, -0.2) is 4.39 Å². The Morgan fingerprint density at radius 1 is 1.27 bits per heavy atom. The molecule has 1 atom stereocenters. The Hall–Kier alpha value is -1.52. The van der Waals surface area contributed by atoms with E-state index in [1.165, 1.54) is 23.9 Å². The standard InChI is InChI=1S/C17H17ClFNOS/c1-12(13-6-8-15(19)9-7-13)20(2)17(21)11-22-16-5-3-4-14(18)10-16/h3-10,12H,11H2,1-2H3. The first kappa shape index (κ1) is 16.8. The Labute approximate surface area is 139 Å². The molecule has 0 saturated carbocycles. The van der Waals surface area contributed by atoms with E-state index in [1.807, 2.05) is 25.1 Å². The van der Waals surface area contributed by atoms with Crippen LogP contribution < -0.4 is 0 Å². The molecule has 0 fully saturated rings. The fourth-order valence-electron chi connectivity index (χ4n) is 1.98. The number of thioether (sulfide) groups is 1. The maximum Gasteiger partial charge on any atom is 0.233 e. The maximum atomic E-state index is 13.0. The third-order valence-corrected chi connectivity index (χ3v) is 4.70. The number of carbonyl (C=O) groups is 1. The van der Waals surface area contributed by atoms with Crippen molar-refractivity contribution in [1.29, 1.82) is 0 Å². The van der Waals surface area contributed by atoms with Crippen LogP contribution in [0.2, 0.25) is 5.02 Å².